The fourth-order valence-electron chi connectivity index (χ4n) is 1.54. The summed E-state index contributed by atoms with van der Waals surface area (Å²) in [5.41, 5.74) is 0.598. The van der Waals surface area contributed by atoms with Gasteiger partial charge in [0.1, 0.15) is 11.9 Å². The molecule has 0 amide bonds. The summed E-state index contributed by atoms with van der Waals surface area (Å²) in [4.78, 5) is 0. The Labute approximate surface area is 117 Å². The zero-order valence-corrected chi connectivity index (χ0v) is 12.2. The molecule has 0 saturated carbocycles. The molecular formula is C11H16ClNO5S. The van der Waals surface area contributed by atoms with Crippen molar-refractivity contribution in [1.82, 2.24) is 0 Å². The molecule has 0 saturated heterocycles. The molecule has 0 aliphatic rings. The summed E-state index contributed by atoms with van der Waals surface area (Å²) >= 11 is 5.91. The molecule has 0 heterocycles. The summed E-state index contributed by atoms with van der Waals surface area (Å²) in [6, 6.07) is 4.96. The van der Waals surface area contributed by atoms with E-state index >= 15 is 0 Å². The van der Waals surface area contributed by atoms with Crippen molar-refractivity contribution >= 4 is 21.9 Å². The summed E-state index contributed by atoms with van der Waals surface area (Å²) in [6.45, 7) is 1.90. The minimum atomic E-state index is -4.03. The van der Waals surface area contributed by atoms with Gasteiger partial charge in [0, 0.05) is 17.2 Å². The van der Waals surface area contributed by atoms with Crippen LogP contribution in [0.1, 0.15) is 18.6 Å². The van der Waals surface area contributed by atoms with Crippen molar-refractivity contribution in [2.45, 2.75) is 13.0 Å². The second-order valence-corrected chi connectivity index (χ2v) is 5.27. The van der Waals surface area contributed by atoms with Crippen molar-refractivity contribution in [2.24, 2.45) is 5.14 Å². The van der Waals surface area contributed by atoms with E-state index in [1.54, 1.807) is 25.1 Å². The zero-order chi connectivity index (χ0) is 14.5. The van der Waals surface area contributed by atoms with Gasteiger partial charge in [0.2, 0.25) is 0 Å². The van der Waals surface area contributed by atoms with E-state index in [-0.39, 0.29) is 6.61 Å². The molecule has 0 aliphatic heterocycles. The molecule has 0 aliphatic carbocycles. The van der Waals surface area contributed by atoms with Crippen LogP contribution in [0.5, 0.6) is 5.75 Å². The predicted octanol–water partition coefficient (Wildman–Crippen LogP) is 1.65. The third-order valence-corrected chi connectivity index (χ3v) is 2.99. The Hall–Kier alpha value is -0.860. The third-order valence-electron chi connectivity index (χ3n) is 2.29. The van der Waals surface area contributed by atoms with E-state index in [0.717, 1.165) is 0 Å². The van der Waals surface area contributed by atoms with E-state index in [0.29, 0.717) is 22.9 Å². The number of halogens is 1. The number of ether oxygens (including phenoxy) is 2. The summed E-state index contributed by atoms with van der Waals surface area (Å²) in [5.74, 6) is 0.529. The summed E-state index contributed by atoms with van der Waals surface area (Å²) in [7, 11) is -2.53. The molecule has 0 aromatic heterocycles. The molecule has 8 heteroatoms. The van der Waals surface area contributed by atoms with Gasteiger partial charge in [0.05, 0.1) is 13.7 Å². The zero-order valence-electron chi connectivity index (χ0n) is 10.6. The first-order valence-corrected chi connectivity index (χ1v) is 7.34. The van der Waals surface area contributed by atoms with Crippen LogP contribution >= 0.6 is 11.6 Å². The Balaban J connectivity index is 3.00. The van der Waals surface area contributed by atoms with Gasteiger partial charge in [-0.3, -0.25) is 4.18 Å². The lowest BCUT2D eigenvalue weighted by atomic mass is 10.1. The van der Waals surface area contributed by atoms with Crippen LogP contribution in [0.15, 0.2) is 18.2 Å². The van der Waals surface area contributed by atoms with Gasteiger partial charge in [0.25, 0.3) is 0 Å². The van der Waals surface area contributed by atoms with Gasteiger partial charge < -0.3 is 9.47 Å². The average Bonchev–Trinajstić information content (AvgIpc) is 2.33. The van der Waals surface area contributed by atoms with Gasteiger partial charge in [-0.1, -0.05) is 11.6 Å². The fraction of sp³-hybridized carbons (Fsp3) is 0.455. The van der Waals surface area contributed by atoms with Crippen LogP contribution in [-0.4, -0.2) is 28.7 Å². The number of nitrogens with two attached hydrogens (primary N) is 1. The summed E-state index contributed by atoms with van der Waals surface area (Å²) in [5, 5.41) is 5.28. The Morgan fingerprint density at radius 3 is 2.63 bits per heavy atom. The highest BCUT2D eigenvalue weighted by atomic mass is 35.5. The lowest BCUT2D eigenvalue weighted by Gasteiger charge is -2.19. The molecule has 1 aromatic rings. The van der Waals surface area contributed by atoms with Crippen LogP contribution in [0.25, 0.3) is 0 Å². The van der Waals surface area contributed by atoms with Gasteiger partial charge in [-0.2, -0.15) is 8.42 Å². The molecule has 0 fully saturated rings. The third kappa shape index (κ3) is 5.33. The van der Waals surface area contributed by atoms with E-state index in [1.807, 2.05) is 0 Å². The molecule has 1 aromatic carbocycles. The monoisotopic (exact) mass is 309 g/mol. The lowest BCUT2D eigenvalue weighted by Crippen LogP contribution is -2.21. The van der Waals surface area contributed by atoms with E-state index < -0.39 is 16.4 Å². The molecule has 0 spiro atoms. The van der Waals surface area contributed by atoms with Gasteiger partial charge in [-0.25, -0.2) is 5.14 Å². The van der Waals surface area contributed by atoms with Crippen LogP contribution in [0.2, 0.25) is 5.02 Å². The van der Waals surface area contributed by atoms with Crippen LogP contribution < -0.4 is 9.88 Å². The molecule has 0 bridgehead atoms. The second kappa shape index (κ2) is 7.06. The quantitative estimate of drug-likeness (QED) is 0.827. The average molecular weight is 310 g/mol. The Kier molecular flexibility index (Phi) is 6.02. The second-order valence-electron chi connectivity index (χ2n) is 3.61. The van der Waals surface area contributed by atoms with Gasteiger partial charge in [0.15, 0.2) is 0 Å². The SMILES string of the molecule is CCO[C@@H](COS(N)(=O)=O)c1cc(Cl)ccc1OC. The number of methoxy groups -OCH3 is 1. The first kappa shape index (κ1) is 16.2. The van der Waals surface area contributed by atoms with Gasteiger partial charge >= 0.3 is 10.3 Å². The van der Waals surface area contributed by atoms with Crippen molar-refractivity contribution in [3.8, 4) is 5.75 Å². The number of benzene rings is 1. The van der Waals surface area contributed by atoms with Crippen molar-refractivity contribution in [3.05, 3.63) is 28.8 Å². The molecule has 0 unspecified atom stereocenters. The Morgan fingerprint density at radius 1 is 1.42 bits per heavy atom. The largest absolute Gasteiger partial charge is 0.496 e. The molecular weight excluding hydrogens is 294 g/mol. The van der Waals surface area contributed by atoms with Crippen molar-refractivity contribution in [2.75, 3.05) is 20.3 Å². The Bertz CT molecular complexity index is 520. The number of hydrogen-bond acceptors (Lipinski definition) is 5. The number of hydrogen-bond donors (Lipinski definition) is 1. The summed E-state index contributed by atoms with van der Waals surface area (Å²) < 4.78 is 36.9. The molecule has 1 rings (SSSR count). The highest BCUT2D eigenvalue weighted by Gasteiger charge is 2.19. The van der Waals surface area contributed by atoms with Crippen molar-refractivity contribution in [1.29, 1.82) is 0 Å². The van der Waals surface area contributed by atoms with Crippen LogP contribution in [0.4, 0.5) is 0 Å². The minimum absolute atomic E-state index is 0.247. The van der Waals surface area contributed by atoms with Crippen LogP contribution in [0, 0.1) is 0 Å². The maximum Gasteiger partial charge on any atom is 0.333 e. The Morgan fingerprint density at radius 2 is 2.11 bits per heavy atom. The van der Waals surface area contributed by atoms with E-state index in [4.69, 9.17) is 26.2 Å². The first-order valence-electron chi connectivity index (χ1n) is 5.49. The molecule has 108 valence electrons. The predicted molar refractivity (Wildman–Crippen MR) is 71.4 cm³/mol. The van der Waals surface area contributed by atoms with Crippen molar-refractivity contribution < 1.29 is 22.1 Å². The smallest absolute Gasteiger partial charge is 0.333 e. The van der Waals surface area contributed by atoms with Crippen molar-refractivity contribution in [3.63, 3.8) is 0 Å². The summed E-state index contributed by atoms with van der Waals surface area (Å²) in [6.07, 6.45) is -0.642. The standard InChI is InChI=1S/C11H16ClNO5S/c1-3-17-11(7-18-19(13,14)15)9-6-8(12)4-5-10(9)16-2/h4-6,11H,3,7H2,1-2H3,(H2,13,14,15)/t11-/m0/s1. The molecule has 0 radical (unpaired) electrons. The van der Waals surface area contributed by atoms with Gasteiger partial charge in [-0.15, -0.1) is 0 Å². The van der Waals surface area contributed by atoms with E-state index in [2.05, 4.69) is 4.18 Å². The maximum absolute atomic E-state index is 10.8. The molecule has 2 N–H and O–H groups in total. The highest BCUT2D eigenvalue weighted by Crippen LogP contribution is 2.30. The lowest BCUT2D eigenvalue weighted by molar-refractivity contribution is 0.0269. The minimum Gasteiger partial charge on any atom is -0.496 e. The van der Waals surface area contributed by atoms with E-state index in [9.17, 15) is 8.42 Å². The maximum atomic E-state index is 10.8. The topological polar surface area (TPSA) is 87.9 Å². The normalized spacial score (nSPS) is 13.3. The fourth-order valence-corrected chi connectivity index (χ4v) is 2.04. The van der Waals surface area contributed by atoms with Crippen LogP contribution in [0.3, 0.4) is 0 Å². The van der Waals surface area contributed by atoms with Crippen LogP contribution in [-0.2, 0) is 19.2 Å². The number of rotatable bonds is 7. The highest BCUT2D eigenvalue weighted by molar-refractivity contribution is 7.84. The molecule has 19 heavy (non-hydrogen) atoms. The molecule has 6 nitrogen and oxygen atoms in total. The first-order chi connectivity index (χ1) is 8.87. The van der Waals surface area contributed by atoms with Gasteiger partial charge in [-0.05, 0) is 25.1 Å². The van der Waals surface area contributed by atoms with E-state index in [1.165, 1.54) is 7.11 Å². The molecule has 1 atom stereocenters.